The van der Waals surface area contributed by atoms with E-state index in [1.807, 2.05) is 0 Å². The molecule has 17 heavy (non-hydrogen) atoms. The van der Waals surface area contributed by atoms with Crippen LogP contribution in [0.5, 0.6) is 0 Å². The topological polar surface area (TPSA) is 48.0 Å². The third-order valence-electron chi connectivity index (χ3n) is 3.92. The number of amides is 1. The van der Waals surface area contributed by atoms with Crippen molar-refractivity contribution < 1.29 is 19.0 Å². The van der Waals surface area contributed by atoms with Gasteiger partial charge in [0.05, 0.1) is 19.1 Å². The Balaban J connectivity index is 1.54. The molecule has 4 atom stereocenters. The third-order valence-corrected chi connectivity index (χ3v) is 3.92. The van der Waals surface area contributed by atoms with Crippen LogP contribution in [0.4, 0.5) is 4.79 Å². The maximum absolute atomic E-state index is 11.9. The van der Waals surface area contributed by atoms with E-state index in [9.17, 15) is 4.79 Å². The first-order chi connectivity index (χ1) is 8.24. The molecule has 3 aliphatic rings. The van der Waals surface area contributed by atoms with E-state index in [4.69, 9.17) is 14.2 Å². The maximum atomic E-state index is 11.9. The lowest BCUT2D eigenvalue weighted by Crippen LogP contribution is -2.35. The minimum absolute atomic E-state index is 0.120. The SMILES string of the molecule is CC1CCN(C(=O)OC2COC3OCCC23)C1. The minimum Gasteiger partial charge on any atom is -0.443 e. The number of ether oxygens (including phenoxy) is 3. The summed E-state index contributed by atoms with van der Waals surface area (Å²) in [5.74, 6) is 0.823. The molecule has 96 valence electrons. The van der Waals surface area contributed by atoms with Crippen LogP contribution in [0.1, 0.15) is 19.8 Å². The van der Waals surface area contributed by atoms with Crippen LogP contribution in [0.15, 0.2) is 0 Å². The molecule has 3 rings (SSSR count). The number of nitrogens with zero attached hydrogens (tertiary/aromatic N) is 1. The Morgan fingerprint density at radius 2 is 2.24 bits per heavy atom. The number of hydrogen-bond acceptors (Lipinski definition) is 4. The summed E-state index contributed by atoms with van der Waals surface area (Å²) in [5, 5.41) is 0. The molecule has 0 saturated carbocycles. The molecule has 0 aromatic carbocycles. The zero-order valence-electron chi connectivity index (χ0n) is 10.1. The van der Waals surface area contributed by atoms with Crippen LogP contribution in [0.3, 0.4) is 0 Å². The molecule has 0 aliphatic carbocycles. The molecule has 3 fully saturated rings. The largest absolute Gasteiger partial charge is 0.443 e. The Hall–Kier alpha value is -0.810. The molecule has 0 bridgehead atoms. The van der Waals surface area contributed by atoms with Crippen molar-refractivity contribution in [1.82, 2.24) is 4.90 Å². The van der Waals surface area contributed by atoms with Gasteiger partial charge >= 0.3 is 6.09 Å². The number of likely N-dealkylation sites (tertiary alicyclic amines) is 1. The summed E-state index contributed by atoms with van der Waals surface area (Å²) in [5.41, 5.74) is 0. The predicted molar refractivity (Wildman–Crippen MR) is 59.4 cm³/mol. The normalized spacial score (nSPS) is 40.6. The van der Waals surface area contributed by atoms with E-state index in [0.29, 0.717) is 19.1 Å². The molecule has 1 amide bonds. The first-order valence-corrected chi connectivity index (χ1v) is 6.43. The predicted octanol–water partition coefficient (Wildman–Crippen LogP) is 1.23. The summed E-state index contributed by atoms with van der Waals surface area (Å²) in [7, 11) is 0. The Morgan fingerprint density at radius 1 is 1.35 bits per heavy atom. The van der Waals surface area contributed by atoms with Gasteiger partial charge in [-0.05, 0) is 18.8 Å². The van der Waals surface area contributed by atoms with Crippen LogP contribution in [-0.2, 0) is 14.2 Å². The lowest BCUT2D eigenvalue weighted by molar-refractivity contribution is -0.0907. The van der Waals surface area contributed by atoms with Gasteiger partial charge in [0, 0.05) is 13.1 Å². The third kappa shape index (κ3) is 2.13. The van der Waals surface area contributed by atoms with Gasteiger partial charge in [0.15, 0.2) is 6.29 Å². The Bertz CT molecular complexity index is 309. The lowest BCUT2D eigenvalue weighted by Gasteiger charge is -2.21. The fourth-order valence-corrected chi connectivity index (χ4v) is 2.85. The summed E-state index contributed by atoms with van der Waals surface area (Å²) in [6.45, 7) is 4.98. The van der Waals surface area contributed by atoms with Crippen molar-refractivity contribution in [2.24, 2.45) is 11.8 Å². The van der Waals surface area contributed by atoms with Gasteiger partial charge in [-0.2, -0.15) is 0 Å². The molecular formula is C12H19NO4. The van der Waals surface area contributed by atoms with Crippen molar-refractivity contribution in [3.8, 4) is 0 Å². The summed E-state index contributed by atoms with van der Waals surface area (Å²) >= 11 is 0. The maximum Gasteiger partial charge on any atom is 0.410 e. The van der Waals surface area contributed by atoms with Crippen molar-refractivity contribution in [3.05, 3.63) is 0 Å². The van der Waals surface area contributed by atoms with E-state index in [1.165, 1.54) is 0 Å². The fraction of sp³-hybridized carbons (Fsp3) is 0.917. The van der Waals surface area contributed by atoms with E-state index < -0.39 is 0 Å². The highest BCUT2D eigenvalue weighted by molar-refractivity contribution is 5.68. The molecular weight excluding hydrogens is 222 g/mol. The van der Waals surface area contributed by atoms with Crippen molar-refractivity contribution in [3.63, 3.8) is 0 Å². The van der Waals surface area contributed by atoms with Crippen molar-refractivity contribution in [2.45, 2.75) is 32.2 Å². The minimum atomic E-state index is -0.185. The number of rotatable bonds is 1. The van der Waals surface area contributed by atoms with Crippen LogP contribution in [0.2, 0.25) is 0 Å². The Morgan fingerprint density at radius 3 is 3.00 bits per heavy atom. The lowest BCUT2D eigenvalue weighted by atomic mass is 10.0. The van der Waals surface area contributed by atoms with Gasteiger partial charge in [-0.15, -0.1) is 0 Å². The van der Waals surface area contributed by atoms with Gasteiger partial charge in [-0.1, -0.05) is 6.92 Å². The average Bonchev–Trinajstić information content (AvgIpc) is 2.96. The van der Waals surface area contributed by atoms with E-state index >= 15 is 0 Å². The van der Waals surface area contributed by atoms with Crippen LogP contribution in [-0.4, -0.2) is 49.7 Å². The molecule has 5 heteroatoms. The van der Waals surface area contributed by atoms with E-state index in [0.717, 1.165) is 25.9 Å². The summed E-state index contributed by atoms with van der Waals surface area (Å²) in [6, 6.07) is 0. The highest BCUT2D eigenvalue weighted by atomic mass is 16.7. The molecule has 4 unspecified atom stereocenters. The molecule has 3 heterocycles. The van der Waals surface area contributed by atoms with E-state index in [1.54, 1.807) is 4.90 Å². The van der Waals surface area contributed by atoms with Crippen LogP contribution >= 0.6 is 0 Å². The molecule has 0 aromatic heterocycles. The van der Waals surface area contributed by atoms with Gasteiger partial charge in [-0.3, -0.25) is 0 Å². The monoisotopic (exact) mass is 241 g/mol. The molecule has 5 nitrogen and oxygen atoms in total. The standard InChI is InChI=1S/C12H19NO4/c1-8-2-4-13(6-8)12(14)17-10-7-16-11-9(10)3-5-15-11/h8-11H,2-7H2,1H3. The Kier molecular flexibility index (Phi) is 2.96. The molecule has 3 saturated heterocycles. The molecule has 0 N–H and O–H groups in total. The van der Waals surface area contributed by atoms with Gasteiger partial charge in [0.25, 0.3) is 0 Å². The summed E-state index contributed by atoms with van der Waals surface area (Å²) in [4.78, 5) is 13.7. The quantitative estimate of drug-likeness (QED) is 0.692. The first-order valence-electron chi connectivity index (χ1n) is 6.43. The first kappa shape index (κ1) is 11.3. The fourth-order valence-electron chi connectivity index (χ4n) is 2.85. The van der Waals surface area contributed by atoms with Crippen molar-refractivity contribution >= 4 is 6.09 Å². The van der Waals surface area contributed by atoms with Gasteiger partial charge < -0.3 is 19.1 Å². The van der Waals surface area contributed by atoms with Crippen molar-refractivity contribution in [1.29, 1.82) is 0 Å². The number of hydrogen-bond donors (Lipinski definition) is 0. The second-order valence-electron chi connectivity index (χ2n) is 5.29. The number of carbonyl (C=O) groups excluding carboxylic acids is 1. The van der Waals surface area contributed by atoms with Gasteiger partial charge in [-0.25, -0.2) is 4.79 Å². The molecule has 0 spiro atoms. The van der Waals surface area contributed by atoms with Crippen LogP contribution < -0.4 is 0 Å². The number of carbonyl (C=O) groups is 1. The second-order valence-corrected chi connectivity index (χ2v) is 5.29. The molecule has 0 aromatic rings. The zero-order valence-corrected chi connectivity index (χ0v) is 10.1. The summed E-state index contributed by atoms with van der Waals surface area (Å²) < 4.78 is 16.4. The smallest absolute Gasteiger partial charge is 0.410 e. The highest BCUT2D eigenvalue weighted by Gasteiger charge is 2.44. The average molecular weight is 241 g/mol. The van der Waals surface area contributed by atoms with Crippen molar-refractivity contribution in [2.75, 3.05) is 26.3 Å². The van der Waals surface area contributed by atoms with Gasteiger partial charge in [0.2, 0.25) is 0 Å². The highest BCUT2D eigenvalue weighted by Crippen LogP contribution is 2.33. The van der Waals surface area contributed by atoms with Crippen LogP contribution in [0, 0.1) is 11.8 Å². The molecule has 0 radical (unpaired) electrons. The number of fused-ring (bicyclic) bond motifs is 1. The Labute approximate surface area is 101 Å². The summed E-state index contributed by atoms with van der Waals surface area (Å²) in [6.07, 6.45) is 1.55. The zero-order chi connectivity index (χ0) is 11.8. The van der Waals surface area contributed by atoms with Gasteiger partial charge in [0.1, 0.15) is 6.10 Å². The van der Waals surface area contributed by atoms with E-state index in [-0.39, 0.29) is 24.4 Å². The van der Waals surface area contributed by atoms with Crippen LogP contribution in [0.25, 0.3) is 0 Å². The second kappa shape index (κ2) is 4.46. The van der Waals surface area contributed by atoms with E-state index in [2.05, 4.69) is 6.92 Å². The molecule has 3 aliphatic heterocycles.